The van der Waals surface area contributed by atoms with Gasteiger partial charge in [0, 0.05) is 22.8 Å². The first-order valence-corrected chi connectivity index (χ1v) is 9.71. The first kappa shape index (κ1) is 18.6. The molecule has 136 valence electrons. The van der Waals surface area contributed by atoms with Crippen molar-refractivity contribution >= 4 is 21.6 Å². The van der Waals surface area contributed by atoms with Crippen LogP contribution in [0.5, 0.6) is 0 Å². The van der Waals surface area contributed by atoms with Crippen LogP contribution in [0, 0.1) is 19.7 Å². The number of benzene rings is 2. The highest BCUT2D eigenvalue weighted by atomic mass is 35.5. The lowest BCUT2D eigenvalue weighted by Crippen LogP contribution is -2.24. The molecule has 26 heavy (non-hydrogen) atoms. The lowest BCUT2D eigenvalue weighted by Gasteiger charge is -2.09. The molecule has 0 fully saturated rings. The summed E-state index contributed by atoms with van der Waals surface area (Å²) in [6.07, 6.45) is 0. The zero-order valence-electron chi connectivity index (χ0n) is 14.2. The summed E-state index contributed by atoms with van der Waals surface area (Å²) in [4.78, 5) is -0.437. The largest absolute Gasteiger partial charge is 0.243 e. The minimum Gasteiger partial charge on any atom is -0.238 e. The standard InChI is InChI=1S/C18H17ClFN3O2S/c1-12-16(13(2)23(22-12)15-6-4-3-5-7-15)11-21-26(24,25)18-9-8-14(19)10-17(18)20/h3-10,21H,11H2,1-2H3. The highest BCUT2D eigenvalue weighted by Gasteiger charge is 2.21. The van der Waals surface area contributed by atoms with Crippen molar-refractivity contribution in [3.63, 3.8) is 0 Å². The summed E-state index contributed by atoms with van der Waals surface area (Å²) in [5.41, 5.74) is 3.14. The zero-order chi connectivity index (χ0) is 18.9. The van der Waals surface area contributed by atoms with Crippen LogP contribution in [0.3, 0.4) is 0 Å². The second kappa shape index (κ2) is 7.19. The van der Waals surface area contributed by atoms with E-state index in [9.17, 15) is 12.8 Å². The Bertz CT molecular complexity index is 1050. The molecule has 0 spiro atoms. The van der Waals surface area contributed by atoms with Crippen molar-refractivity contribution in [2.45, 2.75) is 25.3 Å². The molecule has 3 rings (SSSR count). The first-order valence-electron chi connectivity index (χ1n) is 7.85. The second-order valence-corrected chi connectivity index (χ2v) is 7.97. The Balaban J connectivity index is 1.87. The average molecular weight is 394 g/mol. The highest BCUT2D eigenvalue weighted by Crippen LogP contribution is 2.21. The topological polar surface area (TPSA) is 64.0 Å². The monoisotopic (exact) mass is 393 g/mol. The van der Waals surface area contributed by atoms with E-state index in [-0.39, 0.29) is 11.6 Å². The molecule has 0 saturated heterocycles. The number of hydrogen-bond acceptors (Lipinski definition) is 3. The molecule has 0 amide bonds. The Hall–Kier alpha value is -2.22. The predicted molar refractivity (Wildman–Crippen MR) is 98.5 cm³/mol. The van der Waals surface area contributed by atoms with Gasteiger partial charge in [-0.25, -0.2) is 22.2 Å². The lowest BCUT2D eigenvalue weighted by molar-refractivity contribution is 0.556. The van der Waals surface area contributed by atoms with Gasteiger partial charge in [0.2, 0.25) is 10.0 Å². The number of para-hydroxylation sites is 1. The molecule has 5 nitrogen and oxygen atoms in total. The fraction of sp³-hybridized carbons (Fsp3) is 0.167. The second-order valence-electron chi connectivity index (χ2n) is 5.80. The molecule has 1 N–H and O–H groups in total. The molecule has 8 heteroatoms. The molecule has 2 aromatic carbocycles. The van der Waals surface area contributed by atoms with Crippen LogP contribution in [0.25, 0.3) is 5.69 Å². The van der Waals surface area contributed by atoms with Gasteiger partial charge in [0.05, 0.1) is 11.4 Å². The van der Waals surface area contributed by atoms with Gasteiger partial charge in [-0.1, -0.05) is 29.8 Å². The number of sulfonamides is 1. The molecular weight excluding hydrogens is 377 g/mol. The smallest absolute Gasteiger partial charge is 0.238 e. The van der Waals surface area contributed by atoms with E-state index < -0.39 is 20.7 Å². The van der Waals surface area contributed by atoms with E-state index >= 15 is 0 Å². The van der Waals surface area contributed by atoms with Gasteiger partial charge in [-0.15, -0.1) is 0 Å². The van der Waals surface area contributed by atoms with Crippen LogP contribution in [0.15, 0.2) is 53.4 Å². The first-order chi connectivity index (χ1) is 12.3. The number of rotatable bonds is 5. The molecule has 0 aliphatic carbocycles. The Morgan fingerprint density at radius 3 is 2.50 bits per heavy atom. The van der Waals surface area contributed by atoms with E-state index in [2.05, 4.69) is 9.82 Å². The normalized spacial score (nSPS) is 11.7. The maximum atomic E-state index is 13.9. The van der Waals surface area contributed by atoms with Crippen LogP contribution in [0.4, 0.5) is 4.39 Å². The summed E-state index contributed by atoms with van der Waals surface area (Å²) < 4.78 is 43.0. The molecule has 0 unspecified atom stereocenters. The molecule has 1 aromatic heterocycles. The van der Waals surface area contributed by atoms with Crippen molar-refractivity contribution in [3.8, 4) is 5.69 Å². The molecule has 0 aliphatic rings. The summed E-state index contributed by atoms with van der Waals surface area (Å²) in [5, 5.41) is 4.61. The Morgan fingerprint density at radius 2 is 1.85 bits per heavy atom. The molecule has 3 aromatic rings. The number of aromatic nitrogens is 2. The molecule has 0 aliphatic heterocycles. The third-order valence-corrected chi connectivity index (χ3v) is 5.73. The van der Waals surface area contributed by atoms with Crippen molar-refractivity contribution in [2.75, 3.05) is 0 Å². The van der Waals surface area contributed by atoms with E-state index in [1.165, 1.54) is 6.07 Å². The van der Waals surface area contributed by atoms with Gasteiger partial charge in [0.15, 0.2) is 0 Å². The number of hydrogen-bond donors (Lipinski definition) is 1. The Morgan fingerprint density at radius 1 is 1.15 bits per heavy atom. The van der Waals surface area contributed by atoms with Gasteiger partial charge in [-0.05, 0) is 44.2 Å². The van der Waals surface area contributed by atoms with Crippen LogP contribution < -0.4 is 4.72 Å². The summed E-state index contributed by atoms with van der Waals surface area (Å²) in [6, 6.07) is 13.0. The Kier molecular flexibility index (Phi) is 5.13. The van der Waals surface area contributed by atoms with Crippen LogP contribution in [0.1, 0.15) is 17.0 Å². The summed E-state index contributed by atoms with van der Waals surface area (Å²) >= 11 is 5.68. The van der Waals surface area contributed by atoms with Crippen LogP contribution in [-0.2, 0) is 16.6 Å². The molecule has 0 saturated carbocycles. The molecular formula is C18H17ClFN3O2S. The fourth-order valence-electron chi connectivity index (χ4n) is 2.69. The Labute approximate surface area is 156 Å². The van der Waals surface area contributed by atoms with Gasteiger partial charge in [0.1, 0.15) is 10.7 Å². The van der Waals surface area contributed by atoms with Crippen molar-refractivity contribution in [3.05, 3.63) is 76.3 Å². The van der Waals surface area contributed by atoms with Gasteiger partial charge >= 0.3 is 0 Å². The van der Waals surface area contributed by atoms with Crippen molar-refractivity contribution < 1.29 is 12.8 Å². The van der Waals surface area contributed by atoms with Crippen LogP contribution in [0.2, 0.25) is 5.02 Å². The third kappa shape index (κ3) is 3.65. The van der Waals surface area contributed by atoms with Gasteiger partial charge in [0.25, 0.3) is 0 Å². The zero-order valence-corrected chi connectivity index (χ0v) is 15.8. The average Bonchev–Trinajstić information content (AvgIpc) is 2.88. The van der Waals surface area contributed by atoms with Crippen molar-refractivity contribution in [1.82, 2.24) is 14.5 Å². The summed E-state index contributed by atoms with van der Waals surface area (Å²) in [6.45, 7) is 3.67. The number of nitrogens with zero attached hydrogens (tertiary/aromatic N) is 2. The quantitative estimate of drug-likeness (QED) is 0.717. The van der Waals surface area contributed by atoms with Crippen LogP contribution >= 0.6 is 11.6 Å². The minimum atomic E-state index is -4.02. The number of halogens is 2. The molecule has 0 atom stereocenters. The van der Waals surface area contributed by atoms with E-state index in [1.54, 1.807) is 11.6 Å². The van der Waals surface area contributed by atoms with Gasteiger partial charge in [-0.3, -0.25) is 0 Å². The maximum absolute atomic E-state index is 13.9. The highest BCUT2D eigenvalue weighted by molar-refractivity contribution is 7.89. The SMILES string of the molecule is Cc1nn(-c2ccccc2)c(C)c1CNS(=O)(=O)c1ccc(Cl)cc1F. The third-order valence-electron chi connectivity index (χ3n) is 4.06. The number of nitrogens with one attached hydrogen (secondary N) is 1. The lowest BCUT2D eigenvalue weighted by atomic mass is 10.2. The van der Waals surface area contributed by atoms with E-state index in [4.69, 9.17) is 11.6 Å². The van der Waals surface area contributed by atoms with Crippen LogP contribution in [-0.4, -0.2) is 18.2 Å². The van der Waals surface area contributed by atoms with E-state index in [0.717, 1.165) is 29.1 Å². The maximum Gasteiger partial charge on any atom is 0.243 e. The minimum absolute atomic E-state index is 0.00883. The summed E-state index contributed by atoms with van der Waals surface area (Å²) in [5.74, 6) is -0.890. The number of aryl methyl sites for hydroxylation is 1. The fourth-order valence-corrected chi connectivity index (χ4v) is 3.90. The van der Waals surface area contributed by atoms with Gasteiger partial charge < -0.3 is 0 Å². The molecule has 0 bridgehead atoms. The molecule has 1 heterocycles. The van der Waals surface area contributed by atoms with E-state index in [1.807, 2.05) is 37.3 Å². The predicted octanol–water partition coefficient (Wildman–Crippen LogP) is 3.76. The molecule has 0 radical (unpaired) electrons. The van der Waals surface area contributed by atoms with E-state index in [0.29, 0.717) is 5.69 Å². The summed E-state index contributed by atoms with van der Waals surface area (Å²) in [7, 11) is -4.02. The van der Waals surface area contributed by atoms with Gasteiger partial charge in [-0.2, -0.15) is 5.10 Å². The van der Waals surface area contributed by atoms with Crippen molar-refractivity contribution in [1.29, 1.82) is 0 Å². The van der Waals surface area contributed by atoms with Crippen molar-refractivity contribution in [2.24, 2.45) is 0 Å².